The Balaban J connectivity index is 1.64. The van der Waals surface area contributed by atoms with Gasteiger partial charge in [0.2, 0.25) is 0 Å². The van der Waals surface area contributed by atoms with Crippen molar-refractivity contribution in [3.8, 4) is 5.75 Å². The van der Waals surface area contributed by atoms with Gasteiger partial charge in [0.05, 0.1) is 17.4 Å². The van der Waals surface area contributed by atoms with Gasteiger partial charge in [-0.15, -0.1) is 0 Å². The number of aromatic hydroxyl groups is 1. The van der Waals surface area contributed by atoms with E-state index in [1.807, 2.05) is 26.8 Å². The summed E-state index contributed by atoms with van der Waals surface area (Å²) in [6.45, 7) is 6.88. The maximum Gasteiger partial charge on any atom is 0.410 e. The smallest absolute Gasteiger partial charge is 0.410 e. The lowest BCUT2D eigenvalue weighted by atomic mass is 10.2. The Bertz CT molecular complexity index is 755. The summed E-state index contributed by atoms with van der Waals surface area (Å²) >= 11 is 0. The SMILES string of the molecule is CC(C)(C)OC(=O)N1CC[C@H](Nc2cnc3ccc(O)cc3c2)C1. The number of benzene rings is 1. The summed E-state index contributed by atoms with van der Waals surface area (Å²) in [6, 6.07) is 7.22. The molecule has 0 spiro atoms. The second-order valence-corrected chi connectivity index (χ2v) is 7.16. The molecule has 2 aromatic rings. The number of nitrogens with zero attached hydrogens (tertiary/aromatic N) is 2. The minimum Gasteiger partial charge on any atom is -0.508 e. The lowest BCUT2D eigenvalue weighted by Gasteiger charge is -2.24. The highest BCUT2D eigenvalue weighted by molar-refractivity contribution is 5.83. The summed E-state index contributed by atoms with van der Waals surface area (Å²) < 4.78 is 5.41. The van der Waals surface area contributed by atoms with Gasteiger partial charge in [0.15, 0.2) is 0 Å². The van der Waals surface area contributed by atoms with Crippen molar-refractivity contribution in [1.29, 1.82) is 0 Å². The van der Waals surface area contributed by atoms with Gasteiger partial charge in [0.1, 0.15) is 11.4 Å². The quantitative estimate of drug-likeness (QED) is 0.883. The van der Waals surface area contributed by atoms with Crippen LogP contribution in [0.1, 0.15) is 27.2 Å². The number of likely N-dealkylation sites (tertiary alicyclic amines) is 1. The summed E-state index contributed by atoms with van der Waals surface area (Å²) in [6.07, 6.45) is 2.36. The lowest BCUT2D eigenvalue weighted by molar-refractivity contribution is 0.0293. The standard InChI is InChI=1S/C18H23N3O3/c1-18(2,3)24-17(23)21-7-6-13(11-21)20-14-8-12-9-15(22)4-5-16(12)19-10-14/h4-5,8-10,13,20,22H,6-7,11H2,1-3H3/t13-/m0/s1. The van der Waals surface area contributed by atoms with Crippen LogP contribution in [0.25, 0.3) is 10.9 Å². The number of nitrogens with one attached hydrogen (secondary N) is 1. The summed E-state index contributed by atoms with van der Waals surface area (Å²) in [5.41, 5.74) is 1.23. The van der Waals surface area contributed by atoms with E-state index in [0.717, 1.165) is 23.0 Å². The number of carbonyl (C=O) groups is 1. The molecule has 2 heterocycles. The molecule has 6 heteroatoms. The summed E-state index contributed by atoms with van der Waals surface area (Å²) in [4.78, 5) is 18.2. The Morgan fingerprint density at radius 1 is 1.38 bits per heavy atom. The van der Waals surface area contributed by atoms with E-state index in [2.05, 4.69) is 10.3 Å². The number of rotatable bonds is 2. The maximum absolute atomic E-state index is 12.1. The molecule has 1 aromatic heterocycles. The van der Waals surface area contributed by atoms with Crippen LogP contribution in [0, 0.1) is 0 Å². The number of aromatic nitrogens is 1. The maximum atomic E-state index is 12.1. The Hall–Kier alpha value is -2.50. The van der Waals surface area contributed by atoms with E-state index in [4.69, 9.17) is 4.74 Å². The van der Waals surface area contributed by atoms with E-state index in [-0.39, 0.29) is 17.9 Å². The molecule has 0 bridgehead atoms. The molecule has 6 nitrogen and oxygen atoms in total. The molecule has 1 fully saturated rings. The molecule has 1 atom stereocenters. The van der Waals surface area contributed by atoms with Crippen LogP contribution in [0.4, 0.5) is 10.5 Å². The third-order valence-corrected chi connectivity index (χ3v) is 3.88. The van der Waals surface area contributed by atoms with Crippen LogP contribution >= 0.6 is 0 Å². The Morgan fingerprint density at radius 3 is 2.92 bits per heavy atom. The number of hydrogen-bond donors (Lipinski definition) is 2. The summed E-state index contributed by atoms with van der Waals surface area (Å²) in [7, 11) is 0. The Kier molecular flexibility index (Phi) is 4.22. The fourth-order valence-corrected chi connectivity index (χ4v) is 2.80. The highest BCUT2D eigenvalue weighted by Gasteiger charge is 2.29. The van der Waals surface area contributed by atoms with E-state index in [0.29, 0.717) is 13.1 Å². The first kappa shape index (κ1) is 16.4. The third-order valence-electron chi connectivity index (χ3n) is 3.88. The van der Waals surface area contributed by atoms with Crippen LogP contribution in [0.2, 0.25) is 0 Å². The van der Waals surface area contributed by atoms with Crippen molar-refractivity contribution >= 4 is 22.7 Å². The normalized spacial score (nSPS) is 18.0. The number of phenols is 1. The number of pyridine rings is 1. The Morgan fingerprint density at radius 2 is 2.17 bits per heavy atom. The van der Waals surface area contributed by atoms with Gasteiger partial charge in [0.25, 0.3) is 0 Å². The molecular formula is C18H23N3O3. The van der Waals surface area contributed by atoms with E-state index in [1.54, 1.807) is 29.3 Å². The molecule has 0 aliphatic carbocycles. The molecule has 3 rings (SSSR count). The highest BCUT2D eigenvalue weighted by Crippen LogP contribution is 2.23. The van der Waals surface area contributed by atoms with Gasteiger partial charge < -0.3 is 20.1 Å². The molecule has 128 valence electrons. The lowest BCUT2D eigenvalue weighted by Crippen LogP contribution is -2.36. The highest BCUT2D eigenvalue weighted by atomic mass is 16.6. The number of amides is 1. The van der Waals surface area contributed by atoms with Gasteiger partial charge >= 0.3 is 6.09 Å². The number of ether oxygens (including phenoxy) is 1. The predicted molar refractivity (Wildman–Crippen MR) is 93.2 cm³/mol. The molecule has 1 amide bonds. The molecule has 0 unspecified atom stereocenters. The van der Waals surface area contributed by atoms with Crippen LogP contribution in [0.15, 0.2) is 30.5 Å². The first-order valence-electron chi connectivity index (χ1n) is 8.13. The van der Waals surface area contributed by atoms with E-state index in [1.165, 1.54) is 0 Å². The summed E-state index contributed by atoms with van der Waals surface area (Å²) in [5, 5.41) is 13.9. The van der Waals surface area contributed by atoms with Gasteiger partial charge in [-0.3, -0.25) is 4.98 Å². The number of hydrogen-bond acceptors (Lipinski definition) is 5. The van der Waals surface area contributed by atoms with Crippen LogP contribution in [-0.4, -0.2) is 45.8 Å². The van der Waals surface area contributed by atoms with Crippen LogP contribution < -0.4 is 5.32 Å². The molecule has 2 N–H and O–H groups in total. The zero-order valence-corrected chi connectivity index (χ0v) is 14.2. The second-order valence-electron chi connectivity index (χ2n) is 7.16. The average Bonchev–Trinajstić information content (AvgIpc) is 2.94. The summed E-state index contributed by atoms with van der Waals surface area (Å²) in [5.74, 6) is 0.221. The zero-order valence-electron chi connectivity index (χ0n) is 14.2. The number of phenolic OH excluding ortho intramolecular Hbond substituents is 1. The molecule has 0 radical (unpaired) electrons. The second kappa shape index (κ2) is 6.19. The number of carbonyl (C=O) groups excluding carboxylic acids is 1. The van der Waals surface area contributed by atoms with Crippen LogP contribution in [0.5, 0.6) is 5.75 Å². The predicted octanol–water partition coefficient (Wildman–Crippen LogP) is 3.36. The van der Waals surface area contributed by atoms with Crippen molar-refractivity contribution in [2.75, 3.05) is 18.4 Å². The molecule has 0 saturated carbocycles. The topological polar surface area (TPSA) is 74.7 Å². The largest absolute Gasteiger partial charge is 0.508 e. The fraction of sp³-hybridized carbons (Fsp3) is 0.444. The Labute approximate surface area is 141 Å². The van der Waals surface area contributed by atoms with Gasteiger partial charge in [-0.1, -0.05) is 0 Å². The molecule has 1 aliphatic heterocycles. The van der Waals surface area contributed by atoms with E-state index in [9.17, 15) is 9.90 Å². The van der Waals surface area contributed by atoms with E-state index >= 15 is 0 Å². The van der Waals surface area contributed by atoms with Crippen molar-refractivity contribution in [2.45, 2.75) is 38.8 Å². The van der Waals surface area contributed by atoms with Gasteiger partial charge in [0, 0.05) is 24.5 Å². The van der Waals surface area contributed by atoms with E-state index < -0.39 is 5.60 Å². The minimum atomic E-state index is -0.479. The zero-order chi connectivity index (χ0) is 17.3. The van der Waals surface area contributed by atoms with Gasteiger partial charge in [-0.25, -0.2) is 4.79 Å². The van der Waals surface area contributed by atoms with Crippen LogP contribution in [-0.2, 0) is 4.74 Å². The van der Waals surface area contributed by atoms with Crippen molar-refractivity contribution in [2.24, 2.45) is 0 Å². The first-order chi connectivity index (χ1) is 11.3. The first-order valence-corrected chi connectivity index (χ1v) is 8.13. The van der Waals surface area contributed by atoms with Crippen molar-refractivity contribution < 1.29 is 14.6 Å². The number of fused-ring (bicyclic) bond motifs is 1. The van der Waals surface area contributed by atoms with Crippen LogP contribution in [0.3, 0.4) is 0 Å². The van der Waals surface area contributed by atoms with Crippen molar-refractivity contribution in [1.82, 2.24) is 9.88 Å². The molecule has 24 heavy (non-hydrogen) atoms. The molecule has 1 aromatic carbocycles. The third kappa shape index (κ3) is 3.88. The monoisotopic (exact) mass is 329 g/mol. The number of anilines is 1. The van der Waals surface area contributed by atoms with Gasteiger partial charge in [-0.2, -0.15) is 0 Å². The fourth-order valence-electron chi connectivity index (χ4n) is 2.80. The molecular weight excluding hydrogens is 306 g/mol. The van der Waals surface area contributed by atoms with Gasteiger partial charge in [-0.05, 0) is 51.5 Å². The minimum absolute atomic E-state index is 0.161. The molecule has 1 aliphatic rings. The van der Waals surface area contributed by atoms with Crippen molar-refractivity contribution in [3.63, 3.8) is 0 Å². The average molecular weight is 329 g/mol. The van der Waals surface area contributed by atoms with Crippen molar-refractivity contribution in [3.05, 3.63) is 30.5 Å². The molecule has 1 saturated heterocycles.